The van der Waals surface area contributed by atoms with E-state index in [0.29, 0.717) is 24.2 Å². The van der Waals surface area contributed by atoms with E-state index in [-0.39, 0.29) is 30.7 Å². The van der Waals surface area contributed by atoms with Crippen LogP contribution in [-0.2, 0) is 20.7 Å². The Morgan fingerprint density at radius 2 is 1.82 bits per heavy atom. The number of halogens is 1. The highest BCUT2D eigenvalue weighted by Crippen LogP contribution is 2.23. The molecule has 28 heavy (non-hydrogen) atoms. The molecule has 1 atom stereocenters. The van der Waals surface area contributed by atoms with E-state index in [0.717, 1.165) is 10.5 Å². The van der Waals surface area contributed by atoms with Crippen molar-refractivity contribution in [2.75, 3.05) is 18.1 Å². The van der Waals surface area contributed by atoms with E-state index in [1.807, 2.05) is 0 Å². The molecule has 2 aromatic rings. The Morgan fingerprint density at radius 3 is 2.46 bits per heavy atom. The third kappa shape index (κ3) is 4.43. The number of carbonyl (C=O) groups excluding carboxylic acids is 3. The van der Waals surface area contributed by atoms with Crippen LogP contribution in [0.5, 0.6) is 0 Å². The molecule has 2 aromatic carbocycles. The van der Waals surface area contributed by atoms with Crippen molar-refractivity contribution >= 4 is 23.5 Å². The van der Waals surface area contributed by atoms with Crippen molar-refractivity contribution in [2.45, 2.75) is 25.8 Å². The summed E-state index contributed by atoms with van der Waals surface area (Å²) in [5.74, 6) is -1.37. The van der Waals surface area contributed by atoms with Gasteiger partial charge in [0.1, 0.15) is 5.82 Å². The average Bonchev–Trinajstić information content (AvgIpc) is 2.97. The maximum Gasteiger partial charge on any atom is 0.338 e. The molecule has 0 saturated carbocycles. The van der Waals surface area contributed by atoms with Gasteiger partial charge in [0.15, 0.2) is 0 Å². The van der Waals surface area contributed by atoms with Crippen LogP contribution in [0.15, 0.2) is 48.5 Å². The average molecular weight is 384 g/mol. The summed E-state index contributed by atoms with van der Waals surface area (Å²) >= 11 is 0. The minimum absolute atomic E-state index is 0.0713. The summed E-state index contributed by atoms with van der Waals surface area (Å²) in [7, 11) is 0. The van der Waals surface area contributed by atoms with Crippen LogP contribution in [0.2, 0.25) is 0 Å². The second-order valence-electron chi connectivity index (χ2n) is 6.42. The lowest BCUT2D eigenvalue weighted by molar-refractivity contribution is -0.121. The second-order valence-corrected chi connectivity index (χ2v) is 6.42. The van der Waals surface area contributed by atoms with Gasteiger partial charge in [-0.3, -0.25) is 9.59 Å². The Hall–Kier alpha value is -3.06. The van der Waals surface area contributed by atoms with E-state index in [4.69, 9.17) is 4.74 Å². The number of nitrogens with zero attached hydrogens (tertiary/aromatic N) is 1. The predicted octanol–water partition coefficient (Wildman–Crippen LogP) is 2.47. The van der Waals surface area contributed by atoms with Crippen molar-refractivity contribution in [1.82, 2.24) is 5.32 Å². The first kappa shape index (κ1) is 19.7. The third-order valence-corrected chi connectivity index (χ3v) is 4.50. The summed E-state index contributed by atoms with van der Waals surface area (Å²) in [6.07, 6.45) is 0.689. The Labute approximate surface area is 162 Å². The van der Waals surface area contributed by atoms with Crippen LogP contribution in [0.3, 0.4) is 0 Å². The predicted molar refractivity (Wildman–Crippen MR) is 101 cm³/mol. The van der Waals surface area contributed by atoms with Gasteiger partial charge >= 0.3 is 5.97 Å². The highest BCUT2D eigenvalue weighted by Gasteiger charge is 2.39. The van der Waals surface area contributed by atoms with Crippen LogP contribution < -0.4 is 10.2 Å². The Morgan fingerprint density at radius 1 is 1.14 bits per heavy atom. The van der Waals surface area contributed by atoms with Crippen molar-refractivity contribution < 1.29 is 23.5 Å². The van der Waals surface area contributed by atoms with E-state index < -0.39 is 12.0 Å². The fraction of sp³-hybridized carbons (Fsp3) is 0.286. The Kier molecular flexibility index (Phi) is 6.16. The molecule has 146 valence electrons. The first-order chi connectivity index (χ1) is 13.5. The molecule has 2 amide bonds. The molecular weight excluding hydrogens is 363 g/mol. The minimum atomic E-state index is -0.599. The first-order valence-corrected chi connectivity index (χ1v) is 9.11. The summed E-state index contributed by atoms with van der Waals surface area (Å²) in [4.78, 5) is 37.8. The molecule has 3 rings (SSSR count). The summed E-state index contributed by atoms with van der Waals surface area (Å²) < 4.78 is 17.9. The largest absolute Gasteiger partial charge is 0.462 e. The van der Waals surface area contributed by atoms with Crippen molar-refractivity contribution in [2.24, 2.45) is 0 Å². The van der Waals surface area contributed by atoms with Gasteiger partial charge in [-0.1, -0.05) is 12.1 Å². The Balaban J connectivity index is 1.59. The summed E-state index contributed by atoms with van der Waals surface area (Å²) in [6, 6.07) is 11.7. The number of amides is 2. The molecule has 1 heterocycles. The van der Waals surface area contributed by atoms with Crippen molar-refractivity contribution in [1.29, 1.82) is 0 Å². The molecule has 1 aliphatic heterocycles. The van der Waals surface area contributed by atoms with E-state index in [2.05, 4.69) is 5.32 Å². The molecule has 1 aliphatic rings. The van der Waals surface area contributed by atoms with Gasteiger partial charge in [0, 0.05) is 0 Å². The molecule has 0 aliphatic carbocycles. The molecule has 1 unspecified atom stereocenters. The number of nitrogens with one attached hydrogen (secondary N) is 1. The van der Waals surface area contributed by atoms with Gasteiger partial charge < -0.3 is 10.1 Å². The van der Waals surface area contributed by atoms with Gasteiger partial charge in [-0.05, 0) is 61.9 Å². The lowest BCUT2D eigenvalue weighted by Gasteiger charge is -2.16. The zero-order chi connectivity index (χ0) is 20.1. The number of esters is 1. The molecular formula is C21H21FN2O4. The molecule has 0 spiro atoms. The smallest absolute Gasteiger partial charge is 0.338 e. The molecule has 0 bridgehead atoms. The number of ether oxygens (including phenoxy) is 1. The number of anilines is 1. The number of hydrogen-bond donors (Lipinski definition) is 1. The van der Waals surface area contributed by atoms with Crippen LogP contribution in [0, 0.1) is 5.82 Å². The highest BCUT2D eigenvalue weighted by molar-refractivity contribution is 6.22. The van der Waals surface area contributed by atoms with E-state index in [1.165, 1.54) is 24.3 Å². The quantitative estimate of drug-likeness (QED) is 0.586. The number of carbonyl (C=O) groups is 3. The maximum atomic E-state index is 12.9. The normalized spacial score (nSPS) is 16.5. The van der Waals surface area contributed by atoms with Crippen LogP contribution in [-0.4, -0.2) is 37.0 Å². The van der Waals surface area contributed by atoms with Crippen molar-refractivity contribution in [3.63, 3.8) is 0 Å². The highest BCUT2D eigenvalue weighted by atomic mass is 19.1. The lowest BCUT2D eigenvalue weighted by atomic mass is 10.1. The summed E-state index contributed by atoms with van der Waals surface area (Å²) in [6.45, 7) is 2.48. The zero-order valence-corrected chi connectivity index (χ0v) is 15.5. The third-order valence-electron chi connectivity index (χ3n) is 4.50. The fourth-order valence-corrected chi connectivity index (χ4v) is 3.07. The molecule has 0 radical (unpaired) electrons. The Bertz CT molecular complexity index is 865. The van der Waals surface area contributed by atoms with E-state index in [1.54, 1.807) is 31.2 Å². The van der Waals surface area contributed by atoms with Gasteiger partial charge in [-0.15, -0.1) is 0 Å². The lowest BCUT2D eigenvalue weighted by Crippen LogP contribution is -2.39. The van der Waals surface area contributed by atoms with Gasteiger partial charge in [0.2, 0.25) is 5.91 Å². The SMILES string of the molecule is CCOC(=O)c1ccc(N2C(=O)CC(NCCc3ccc(F)cc3)C2=O)cc1. The van der Waals surface area contributed by atoms with Gasteiger partial charge in [-0.25, -0.2) is 14.1 Å². The number of imide groups is 1. The number of rotatable bonds is 7. The fourth-order valence-electron chi connectivity index (χ4n) is 3.07. The van der Waals surface area contributed by atoms with Crippen molar-refractivity contribution in [3.05, 3.63) is 65.5 Å². The molecule has 0 aromatic heterocycles. The van der Waals surface area contributed by atoms with Crippen LogP contribution in [0.25, 0.3) is 0 Å². The maximum absolute atomic E-state index is 12.9. The summed E-state index contributed by atoms with van der Waals surface area (Å²) in [5, 5.41) is 3.09. The molecule has 1 N–H and O–H groups in total. The topological polar surface area (TPSA) is 75.7 Å². The van der Waals surface area contributed by atoms with Gasteiger partial charge in [0.25, 0.3) is 5.91 Å². The molecule has 7 heteroatoms. The minimum Gasteiger partial charge on any atom is -0.462 e. The van der Waals surface area contributed by atoms with E-state index >= 15 is 0 Å². The number of hydrogen-bond acceptors (Lipinski definition) is 5. The standard InChI is InChI=1S/C21H21FN2O4/c1-2-28-21(27)15-5-9-17(10-6-15)24-19(25)13-18(20(24)26)23-12-11-14-3-7-16(22)8-4-14/h3-10,18,23H,2,11-13H2,1H3. The van der Waals surface area contributed by atoms with Gasteiger partial charge in [-0.2, -0.15) is 0 Å². The van der Waals surface area contributed by atoms with E-state index in [9.17, 15) is 18.8 Å². The molecule has 6 nitrogen and oxygen atoms in total. The van der Waals surface area contributed by atoms with Gasteiger partial charge in [0.05, 0.1) is 30.3 Å². The zero-order valence-electron chi connectivity index (χ0n) is 15.5. The van der Waals surface area contributed by atoms with Crippen LogP contribution in [0.4, 0.5) is 10.1 Å². The molecule has 1 saturated heterocycles. The van der Waals surface area contributed by atoms with Crippen LogP contribution >= 0.6 is 0 Å². The second kappa shape index (κ2) is 8.75. The van der Waals surface area contributed by atoms with Crippen molar-refractivity contribution in [3.8, 4) is 0 Å². The monoisotopic (exact) mass is 384 g/mol. The molecule has 1 fully saturated rings. The summed E-state index contributed by atoms with van der Waals surface area (Å²) in [5.41, 5.74) is 1.72. The first-order valence-electron chi connectivity index (χ1n) is 9.11. The number of benzene rings is 2. The van der Waals surface area contributed by atoms with Crippen LogP contribution in [0.1, 0.15) is 29.3 Å².